The van der Waals surface area contributed by atoms with Crippen LogP contribution in [0.5, 0.6) is 11.6 Å². The van der Waals surface area contributed by atoms with Gasteiger partial charge in [-0.05, 0) is 49.1 Å². The van der Waals surface area contributed by atoms with Gasteiger partial charge in [-0.3, -0.25) is 0 Å². The Kier molecular flexibility index (Phi) is 6.90. The van der Waals surface area contributed by atoms with Crippen molar-refractivity contribution in [2.24, 2.45) is 4.99 Å². The average molecular weight is 368 g/mol. The smallest absolute Gasteiger partial charge is 0.213 e. The van der Waals surface area contributed by atoms with Gasteiger partial charge in [0.1, 0.15) is 5.75 Å². The van der Waals surface area contributed by atoms with E-state index in [9.17, 15) is 0 Å². The number of benzene rings is 1. The lowest BCUT2D eigenvalue weighted by Gasteiger charge is -2.12. The lowest BCUT2D eigenvalue weighted by molar-refractivity contribution is 0.326. The van der Waals surface area contributed by atoms with E-state index in [2.05, 4.69) is 45.7 Å². The van der Waals surface area contributed by atoms with E-state index in [0.29, 0.717) is 19.0 Å². The molecule has 0 atom stereocenters. The first-order valence-corrected chi connectivity index (χ1v) is 9.63. The van der Waals surface area contributed by atoms with Gasteiger partial charge in [-0.2, -0.15) is 0 Å². The molecule has 1 aromatic carbocycles. The Balaban J connectivity index is 1.53. The number of fused-ring (bicyclic) bond motifs is 1. The SMILES string of the molecule is CCNC(=NCc1ccnc(OCC)c1)NCCc1ccc2c(c1)CCO2. The van der Waals surface area contributed by atoms with Crippen LogP contribution in [0, 0.1) is 0 Å². The second-order valence-electron chi connectivity index (χ2n) is 6.35. The largest absolute Gasteiger partial charge is 0.493 e. The molecular formula is C21H28N4O2. The highest BCUT2D eigenvalue weighted by Crippen LogP contribution is 2.25. The van der Waals surface area contributed by atoms with Crippen LogP contribution < -0.4 is 20.1 Å². The molecule has 1 aliphatic rings. The molecule has 3 rings (SSSR count). The number of pyridine rings is 1. The molecule has 0 fully saturated rings. The second-order valence-corrected chi connectivity index (χ2v) is 6.35. The maximum Gasteiger partial charge on any atom is 0.213 e. The molecule has 2 aromatic rings. The minimum absolute atomic E-state index is 0.577. The molecule has 144 valence electrons. The van der Waals surface area contributed by atoms with Crippen molar-refractivity contribution in [1.29, 1.82) is 0 Å². The van der Waals surface area contributed by atoms with Gasteiger partial charge in [0.15, 0.2) is 5.96 Å². The average Bonchev–Trinajstić information content (AvgIpc) is 3.14. The Bertz CT molecular complexity index is 777. The second kappa shape index (κ2) is 9.80. The number of aromatic nitrogens is 1. The van der Waals surface area contributed by atoms with E-state index < -0.39 is 0 Å². The van der Waals surface area contributed by atoms with Gasteiger partial charge in [0.05, 0.1) is 19.8 Å². The molecule has 0 bridgehead atoms. The number of nitrogens with zero attached hydrogens (tertiary/aromatic N) is 2. The zero-order valence-electron chi connectivity index (χ0n) is 16.1. The molecular weight excluding hydrogens is 340 g/mol. The van der Waals surface area contributed by atoms with Crippen LogP contribution in [0.25, 0.3) is 0 Å². The summed E-state index contributed by atoms with van der Waals surface area (Å²) in [5, 5.41) is 6.70. The Morgan fingerprint density at radius 1 is 1.19 bits per heavy atom. The topological polar surface area (TPSA) is 67.8 Å². The first kappa shape index (κ1) is 19.0. The minimum atomic E-state index is 0.577. The highest BCUT2D eigenvalue weighted by atomic mass is 16.5. The van der Waals surface area contributed by atoms with Crippen molar-refractivity contribution < 1.29 is 9.47 Å². The van der Waals surface area contributed by atoms with Gasteiger partial charge >= 0.3 is 0 Å². The number of guanidine groups is 1. The third-order valence-electron chi connectivity index (χ3n) is 4.32. The predicted octanol–water partition coefficient (Wildman–Crippen LogP) is 2.71. The summed E-state index contributed by atoms with van der Waals surface area (Å²) in [6.45, 7) is 7.65. The Hall–Kier alpha value is -2.76. The Labute approximate surface area is 161 Å². The molecule has 0 saturated carbocycles. The van der Waals surface area contributed by atoms with Crippen LogP contribution in [-0.4, -0.2) is 37.2 Å². The van der Waals surface area contributed by atoms with Crippen LogP contribution in [0.15, 0.2) is 41.5 Å². The molecule has 1 aliphatic heterocycles. The van der Waals surface area contributed by atoms with Crippen molar-refractivity contribution in [3.63, 3.8) is 0 Å². The fourth-order valence-corrected chi connectivity index (χ4v) is 3.01. The minimum Gasteiger partial charge on any atom is -0.493 e. The highest BCUT2D eigenvalue weighted by molar-refractivity contribution is 5.79. The molecule has 0 aliphatic carbocycles. The monoisotopic (exact) mass is 368 g/mol. The van der Waals surface area contributed by atoms with Gasteiger partial charge in [0, 0.05) is 31.8 Å². The van der Waals surface area contributed by atoms with E-state index in [4.69, 9.17) is 9.47 Å². The van der Waals surface area contributed by atoms with E-state index in [1.165, 1.54) is 11.1 Å². The van der Waals surface area contributed by atoms with Crippen LogP contribution in [0.3, 0.4) is 0 Å². The van der Waals surface area contributed by atoms with Crippen LogP contribution in [0.4, 0.5) is 0 Å². The number of rotatable bonds is 8. The summed E-state index contributed by atoms with van der Waals surface area (Å²) in [6, 6.07) is 10.4. The molecule has 0 spiro atoms. The lowest BCUT2D eigenvalue weighted by Crippen LogP contribution is -2.38. The van der Waals surface area contributed by atoms with Gasteiger partial charge in [-0.1, -0.05) is 12.1 Å². The quantitative estimate of drug-likeness (QED) is 0.554. The normalized spacial score (nSPS) is 13.0. The predicted molar refractivity (Wildman–Crippen MR) is 108 cm³/mol. The van der Waals surface area contributed by atoms with E-state index in [1.807, 2.05) is 19.1 Å². The summed E-state index contributed by atoms with van der Waals surface area (Å²) in [4.78, 5) is 8.85. The molecule has 0 saturated heterocycles. The third-order valence-corrected chi connectivity index (χ3v) is 4.32. The first-order valence-electron chi connectivity index (χ1n) is 9.63. The van der Waals surface area contributed by atoms with Crippen LogP contribution in [0.2, 0.25) is 0 Å². The van der Waals surface area contributed by atoms with Gasteiger partial charge in [0.25, 0.3) is 0 Å². The van der Waals surface area contributed by atoms with Crippen molar-refractivity contribution in [2.75, 3.05) is 26.3 Å². The maximum atomic E-state index is 5.57. The van der Waals surface area contributed by atoms with Gasteiger partial charge < -0.3 is 20.1 Å². The van der Waals surface area contributed by atoms with Gasteiger partial charge in [0.2, 0.25) is 5.88 Å². The zero-order chi connectivity index (χ0) is 18.9. The first-order chi connectivity index (χ1) is 13.3. The molecule has 6 heteroatoms. The molecule has 0 amide bonds. The summed E-state index contributed by atoms with van der Waals surface area (Å²) in [5.41, 5.74) is 3.71. The van der Waals surface area contributed by atoms with E-state index in [1.54, 1.807) is 6.20 Å². The van der Waals surface area contributed by atoms with Crippen molar-refractivity contribution in [3.05, 3.63) is 53.2 Å². The van der Waals surface area contributed by atoms with Crippen molar-refractivity contribution in [1.82, 2.24) is 15.6 Å². The standard InChI is InChI=1S/C21H28N4O2/c1-3-22-21(25-15-17-8-10-23-20(14-17)26-4-2)24-11-7-16-5-6-19-18(13-16)9-12-27-19/h5-6,8,10,13-14H,3-4,7,9,11-12,15H2,1-2H3,(H2,22,24,25). The number of nitrogens with one attached hydrogen (secondary N) is 2. The fraction of sp³-hybridized carbons (Fsp3) is 0.429. The molecule has 27 heavy (non-hydrogen) atoms. The molecule has 6 nitrogen and oxygen atoms in total. The van der Waals surface area contributed by atoms with Gasteiger partial charge in [-0.15, -0.1) is 0 Å². The Morgan fingerprint density at radius 3 is 2.96 bits per heavy atom. The zero-order valence-corrected chi connectivity index (χ0v) is 16.1. The van der Waals surface area contributed by atoms with E-state index >= 15 is 0 Å². The molecule has 1 aromatic heterocycles. The highest BCUT2D eigenvalue weighted by Gasteiger charge is 2.11. The van der Waals surface area contributed by atoms with Crippen molar-refractivity contribution >= 4 is 5.96 Å². The van der Waals surface area contributed by atoms with Crippen LogP contribution >= 0.6 is 0 Å². The van der Waals surface area contributed by atoms with Crippen molar-refractivity contribution in [3.8, 4) is 11.6 Å². The molecule has 0 unspecified atom stereocenters. The summed E-state index contributed by atoms with van der Waals surface area (Å²) in [6.07, 6.45) is 3.71. The van der Waals surface area contributed by atoms with Gasteiger partial charge in [-0.25, -0.2) is 9.98 Å². The van der Waals surface area contributed by atoms with Crippen LogP contribution in [-0.2, 0) is 19.4 Å². The number of aliphatic imine (C=N–C) groups is 1. The lowest BCUT2D eigenvalue weighted by atomic mass is 10.1. The maximum absolute atomic E-state index is 5.57. The number of ether oxygens (including phenoxy) is 2. The number of hydrogen-bond acceptors (Lipinski definition) is 4. The molecule has 2 N–H and O–H groups in total. The summed E-state index contributed by atoms with van der Waals surface area (Å²) in [5.74, 6) is 2.49. The van der Waals surface area contributed by atoms with Crippen molar-refractivity contribution in [2.45, 2.75) is 33.2 Å². The van der Waals surface area contributed by atoms with E-state index in [-0.39, 0.29) is 0 Å². The molecule has 0 radical (unpaired) electrons. The summed E-state index contributed by atoms with van der Waals surface area (Å²) in [7, 11) is 0. The fourth-order valence-electron chi connectivity index (χ4n) is 3.01. The Morgan fingerprint density at radius 2 is 2.11 bits per heavy atom. The van der Waals surface area contributed by atoms with Crippen LogP contribution in [0.1, 0.15) is 30.5 Å². The molecule has 2 heterocycles. The third kappa shape index (κ3) is 5.61. The van der Waals surface area contributed by atoms with E-state index in [0.717, 1.165) is 49.8 Å². The number of hydrogen-bond donors (Lipinski definition) is 2. The summed E-state index contributed by atoms with van der Waals surface area (Å²) < 4.78 is 11.0. The summed E-state index contributed by atoms with van der Waals surface area (Å²) >= 11 is 0.